The lowest BCUT2D eigenvalue weighted by atomic mass is 10.2. The molecule has 5 N–H and O–H groups in total. The quantitative estimate of drug-likeness (QED) is 0.342. The van der Waals surface area contributed by atoms with Crippen molar-refractivity contribution in [3.05, 3.63) is 0 Å². The second-order valence-electron chi connectivity index (χ2n) is 4.78. The maximum atomic E-state index is 8.71. The molecule has 0 aliphatic heterocycles. The molecule has 124 valence electrons. The van der Waals surface area contributed by atoms with Gasteiger partial charge in [0.2, 0.25) is 0 Å². The number of hydrogen-bond donors (Lipinski definition) is 5. The van der Waals surface area contributed by atoms with Gasteiger partial charge in [0.25, 0.3) is 0 Å². The SMILES string of the molecule is CC(COC(C)CO)COC(C)CO.OCC(O)CO. The molecule has 0 amide bonds. The summed E-state index contributed by atoms with van der Waals surface area (Å²) in [6, 6.07) is 0. The molecule has 0 saturated carbocycles. The van der Waals surface area contributed by atoms with Crippen LogP contribution in [0.3, 0.4) is 0 Å². The van der Waals surface area contributed by atoms with Gasteiger partial charge in [-0.1, -0.05) is 6.92 Å². The zero-order valence-electron chi connectivity index (χ0n) is 12.6. The molecule has 0 aliphatic rings. The summed E-state index contributed by atoms with van der Waals surface area (Å²) in [6.07, 6.45) is -1.19. The molecular weight excluding hydrogens is 268 g/mol. The van der Waals surface area contributed by atoms with Gasteiger partial charge in [0.15, 0.2) is 0 Å². The Morgan fingerprint density at radius 1 is 0.700 bits per heavy atom. The minimum Gasteiger partial charge on any atom is -0.394 e. The molecule has 0 aromatic carbocycles. The summed E-state index contributed by atoms with van der Waals surface area (Å²) in [4.78, 5) is 0. The van der Waals surface area contributed by atoms with Crippen LogP contribution in [0.5, 0.6) is 0 Å². The lowest BCUT2D eigenvalue weighted by Crippen LogP contribution is -2.23. The van der Waals surface area contributed by atoms with E-state index >= 15 is 0 Å². The molecule has 0 aromatic rings. The van der Waals surface area contributed by atoms with E-state index in [1.165, 1.54) is 0 Å². The first-order valence-electron chi connectivity index (χ1n) is 6.75. The summed E-state index contributed by atoms with van der Waals surface area (Å²) in [7, 11) is 0. The number of hydrogen-bond acceptors (Lipinski definition) is 7. The third-order valence-corrected chi connectivity index (χ3v) is 2.27. The highest BCUT2D eigenvalue weighted by Gasteiger charge is 2.08. The molecule has 2 unspecified atom stereocenters. The molecule has 0 rings (SSSR count). The molecule has 7 nitrogen and oxygen atoms in total. The maximum Gasteiger partial charge on any atom is 0.100 e. The monoisotopic (exact) mass is 298 g/mol. The van der Waals surface area contributed by atoms with Gasteiger partial charge < -0.3 is 35.0 Å². The smallest absolute Gasteiger partial charge is 0.100 e. The largest absolute Gasteiger partial charge is 0.394 e. The fourth-order valence-electron chi connectivity index (χ4n) is 0.868. The van der Waals surface area contributed by atoms with E-state index in [-0.39, 0.29) is 44.6 Å². The lowest BCUT2D eigenvalue weighted by molar-refractivity contribution is -0.0331. The molecule has 0 aromatic heterocycles. The summed E-state index contributed by atoms with van der Waals surface area (Å²) < 4.78 is 10.7. The van der Waals surface area contributed by atoms with Crippen molar-refractivity contribution < 1.29 is 35.0 Å². The van der Waals surface area contributed by atoms with E-state index in [0.29, 0.717) is 13.2 Å². The van der Waals surface area contributed by atoms with Gasteiger partial charge in [-0.3, -0.25) is 0 Å². The van der Waals surface area contributed by atoms with Crippen LogP contribution in [0.4, 0.5) is 0 Å². The highest BCUT2D eigenvalue weighted by atomic mass is 16.5. The molecule has 0 radical (unpaired) electrons. The molecule has 0 aliphatic carbocycles. The standard InChI is InChI=1S/C10H22O4.C3H8O3/c1-8(6-13-9(2)4-11)7-14-10(3)5-12;4-1-3(6)2-5/h8-12H,4-7H2,1-3H3;3-6H,1-2H2. The van der Waals surface area contributed by atoms with E-state index in [2.05, 4.69) is 0 Å². The number of aliphatic hydroxyl groups is 5. The Labute approximate surface area is 120 Å². The van der Waals surface area contributed by atoms with Crippen LogP contribution >= 0.6 is 0 Å². The second kappa shape index (κ2) is 15.1. The molecular formula is C13H30O7. The molecule has 0 spiro atoms. The van der Waals surface area contributed by atoms with Gasteiger partial charge >= 0.3 is 0 Å². The van der Waals surface area contributed by atoms with Gasteiger partial charge in [0, 0.05) is 5.92 Å². The van der Waals surface area contributed by atoms with Crippen LogP contribution in [0.2, 0.25) is 0 Å². The number of aliphatic hydroxyl groups excluding tert-OH is 5. The van der Waals surface area contributed by atoms with E-state index in [9.17, 15) is 0 Å². The predicted octanol–water partition coefficient (Wildman–Crippen LogP) is -1.25. The first-order valence-corrected chi connectivity index (χ1v) is 6.75. The van der Waals surface area contributed by atoms with E-state index in [4.69, 9.17) is 35.0 Å². The van der Waals surface area contributed by atoms with Crippen LogP contribution in [0, 0.1) is 5.92 Å². The Morgan fingerprint density at radius 2 is 1.05 bits per heavy atom. The van der Waals surface area contributed by atoms with E-state index in [1.807, 2.05) is 20.8 Å². The Morgan fingerprint density at radius 3 is 1.25 bits per heavy atom. The van der Waals surface area contributed by atoms with Crippen molar-refractivity contribution >= 4 is 0 Å². The average Bonchev–Trinajstić information content (AvgIpc) is 2.49. The van der Waals surface area contributed by atoms with E-state index in [1.54, 1.807) is 0 Å². The van der Waals surface area contributed by atoms with Crippen molar-refractivity contribution in [1.29, 1.82) is 0 Å². The number of rotatable bonds is 10. The Balaban J connectivity index is 0. The summed E-state index contributed by atoms with van der Waals surface area (Å²) in [5.74, 6) is 0.276. The topological polar surface area (TPSA) is 120 Å². The predicted molar refractivity (Wildman–Crippen MR) is 74.3 cm³/mol. The zero-order valence-corrected chi connectivity index (χ0v) is 12.6. The van der Waals surface area contributed by atoms with Crippen LogP contribution in [-0.2, 0) is 9.47 Å². The van der Waals surface area contributed by atoms with Gasteiger partial charge in [-0.15, -0.1) is 0 Å². The molecule has 7 heteroatoms. The molecule has 0 heterocycles. The summed E-state index contributed by atoms with van der Waals surface area (Å²) in [5.41, 5.74) is 0. The van der Waals surface area contributed by atoms with Crippen molar-refractivity contribution in [3.63, 3.8) is 0 Å². The first-order chi connectivity index (χ1) is 9.40. The zero-order chi connectivity index (χ0) is 16.0. The van der Waals surface area contributed by atoms with Crippen LogP contribution in [0.25, 0.3) is 0 Å². The fraction of sp³-hybridized carbons (Fsp3) is 1.00. The summed E-state index contributed by atoms with van der Waals surface area (Å²) in [5, 5.41) is 41.4. The van der Waals surface area contributed by atoms with Crippen LogP contribution in [0.15, 0.2) is 0 Å². The van der Waals surface area contributed by atoms with Gasteiger partial charge in [0.1, 0.15) is 6.10 Å². The minimum absolute atomic E-state index is 0.0423. The second-order valence-corrected chi connectivity index (χ2v) is 4.78. The molecule has 0 fully saturated rings. The van der Waals surface area contributed by atoms with E-state index in [0.717, 1.165) is 0 Å². The highest BCUT2D eigenvalue weighted by molar-refractivity contribution is 4.54. The number of ether oxygens (including phenoxy) is 2. The maximum absolute atomic E-state index is 8.71. The van der Waals surface area contributed by atoms with Crippen LogP contribution in [0.1, 0.15) is 20.8 Å². The van der Waals surface area contributed by atoms with Crippen LogP contribution < -0.4 is 0 Å². The first kappa shape index (κ1) is 22.0. The van der Waals surface area contributed by atoms with Crippen molar-refractivity contribution in [2.24, 2.45) is 5.92 Å². The Hall–Kier alpha value is -0.280. The molecule has 20 heavy (non-hydrogen) atoms. The van der Waals surface area contributed by atoms with Gasteiger partial charge in [0.05, 0.1) is 51.8 Å². The summed E-state index contributed by atoms with van der Waals surface area (Å²) >= 11 is 0. The van der Waals surface area contributed by atoms with Crippen molar-refractivity contribution in [3.8, 4) is 0 Å². The van der Waals surface area contributed by atoms with Crippen LogP contribution in [-0.4, -0.2) is 83.5 Å². The van der Waals surface area contributed by atoms with Gasteiger partial charge in [-0.25, -0.2) is 0 Å². The van der Waals surface area contributed by atoms with Gasteiger partial charge in [-0.05, 0) is 13.8 Å². The molecule has 0 saturated heterocycles. The van der Waals surface area contributed by atoms with Crippen molar-refractivity contribution in [2.75, 3.05) is 39.6 Å². The van der Waals surface area contributed by atoms with Gasteiger partial charge in [-0.2, -0.15) is 0 Å². The minimum atomic E-state index is -0.954. The Kier molecular flexibility index (Phi) is 16.6. The average molecular weight is 298 g/mol. The fourth-order valence-corrected chi connectivity index (χ4v) is 0.868. The summed E-state index contributed by atoms with van der Waals surface area (Å²) in [6.45, 7) is 6.15. The molecule has 0 bridgehead atoms. The van der Waals surface area contributed by atoms with E-state index < -0.39 is 6.10 Å². The third kappa shape index (κ3) is 15.8. The normalized spacial score (nSPS) is 15.4. The highest BCUT2D eigenvalue weighted by Crippen LogP contribution is 2.02. The Bertz CT molecular complexity index is 174. The van der Waals surface area contributed by atoms with Crippen molar-refractivity contribution in [1.82, 2.24) is 0 Å². The lowest BCUT2D eigenvalue weighted by Gasteiger charge is -2.17. The van der Waals surface area contributed by atoms with Crippen molar-refractivity contribution in [2.45, 2.75) is 39.1 Å². The third-order valence-electron chi connectivity index (χ3n) is 2.27. The molecule has 2 atom stereocenters.